The number of unbranched alkanes of at least 4 members (excludes halogenated alkanes) is 1. The minimum atomic E-state index is -1.88. The van der Waals surface area contributed by atoms with Crippen LogP contribution >= 0.6 is 32.9 Å². The molecule has 1 aromatic heterocycles. The van der Waals surface area contributed by atoms with Crippen molar-refractivity contribution in [2.24, 2.45) is 23.5 Å². The van der Waals surface area contributed by atoms with E-state index in [0.29, 0.717) is 42.5 Å². The smallest absolute Gasteiger partial charge is 0.426 e. The number of aliphatic carboxylic acids is 5. The molecule has 4 rings (SSSR count). The Bertz CT molecular complexity index is 4170. The summed E-state index contributed by atoms with van der Waals surface area (Å²) in [7, 11) is 3.78. The molecule has 1 aliphatic rings. The number of rotatable bonds is 56. The highest BCUT2D eigenvalue weighted by atomic mass is 33.1. The van der Waals surface area contributed by atoms with Crippen molar-refractivity contribution in [1.82, 2.24) is 78.8 Å². The molecular weight excluding hydrogens is 1710 g/mol. The number of nitrogens with zero attached hydrogens (tertiary/aromatic N) is 3. The SMILES string of the molecule is CCCC(=O)OCN(C(=O)[C@@H](NC(=O)[C@H]1CCCCN1C)C(C)CC)[C@H](C[C@@H](OC(C)=O)c1nc(C(=O)N[C@@H](Cc2ccc(O)cc2)C[C@H](C)C(=O)NNC(=O)OCCSSC[C@H](NC(=O)[C@H](CC(=O)O)NC(=O)[C@H](CCCNC(=N)N)NC(=O)Cc2ccc(CNC(=O)NCCCC[C@H](NC(=O)N[C@@H](CCC(=O)O)C(=O)O)C(=O)O)cc2)C(=O)O)cs1)C(C)C. The molecule has 2 aromatic carbocycles. The molecule has 1 fully saturated rings. The average Bonchev–Trinajstić information content (AvgIpc) is 1.33. The lowest BCUT2D eigenvalue weighted by atomic mass is 9.92. The van der Waals surface area contributed by atoms with Gasteiger partial charge in [0, 0.05) is 80.7 Å². The maximum Gasteiger partial charge on any atom is 0.426 e. The first kappa shape index (κ1) is 107. The molecule has 0 radical (unpaired) electrons. The normalized spacial score (nSPS) is 15.1. The van der Waals surface area contributed by atoms with Gasteiger partial charge in [0.2, 0.25) is 35.4 Å². The topological polar surface area (TPSA) is 653 Å². The first-order valence-corrected chi connectivity index (χ1v) is 44.5. The lowest BCUT2D eigenvalue weighted by molar-refractivity contribution is -0.161. The Morgan fingerprint density at radius 3 is 1.90 bits per heavy atom. The number of hydrazine groups is 1. The number of phenolic OH excluding ortho intramolecular Hbond substituents is 1. The molecule has 0 bridgehead atoms. The average molecular weight is 1830 g/mol. The molecule has 43 nitrogen and oxygen atoms in total. The number of carbonyl (C=O) groups is 17. The van der Waals surface area contributed by atoms with Gasteiger partial charge < -0.3 is 109 Å². The summed E-state index contributed by atoms with van der Waals surface area (Å²) in [6, 6.07) is -0.327. The number of ether oxygens (including phenoxy) is 3. The van der Waals surface area contributed by atoms with E-state index in [1.807, 2.05) is 45.0 Å². The number of likely N-dealkylation sites (N-methyl/N-ethyl adjacent to an activating group) is 1. The fraction of sp³-hybridized carbons (Fsp3) is 0.588. The van der Waals surface area contributed by atoms with Crippen LogP contribution in [0.5, 0.6) is 5.75 Å². The molecule has 12 atom stereocenters. The molecular formula is C80H119N17O26S3. The molecule has 126 heavy (non-hydrogen) atoms. The van der Waals surface area contributed by atoms with Gasteiger partial charge in [0.05, 0.1) is 18.9 Å². The minimum absolute atomic E-state index is 0.0146. The van der Waals surface area contributed by atoms with Crippen LogP contribution in [-0.2, 0) is 95.9 Å². The number of guanidine groups is 1. The van der Waals surface area contributed by atoms with Crippen molar-refractivity contribution in [3.8, 4) is 5.75 Å². The first-order chi connectivity index (χ1) is 59.7. The number of likely N-dealkylation sites (tertiary alicyclic amines) is 1. The number of amides is 12. The molecule has 2 heterocycles. The molecule has 698 valence electrons. The predicted molar refractivity (Wildman–Crippen MR) is 459 cm³/mol. The van der Waals surface area contributed by atoms with E-state index in [1.54, 1.807) is 43.3 Å². The van der Waals surface area contributed by atoms with Gasteiger partial charge in [-0.2, -0.15) is 0 Å². The Morgan fingerprint density at radius 1 is 0.659 bits per heavy atom. The number of carboxylic acid groups (broad SMARTS) is 5. The van der Waals surface area contributed by atoms with Gasteiger partial charge in [-0.25, -0.2) is 39.2 Å². The molecule has 1 unspecified atom stereocenters. The highest BCUT2D eigenvalue weighted by Gasteiger charge is 2.41. The van der Waals surface area contributed by atoms with E-state index in [9.17, 15) is 102 Å². The number of carboxylic acids is 5. The van der Waals surface area contributed by atoms with Crippen LogP contribution in [0.2, 0.25) is 0 Å². The third kappa shape index (κ3) is 40.4. The zero-order valence-corrected chi connectivity index (χ0v) is 74.0. The Morgan fingerprint density at radius 2 is 1.29 bits per heavy atom. The van der Waals surface area contributed by atoms with Crippen molar-refractivity contribution < 1.29 is 126 Å². The number of hydrogen-bond donors (Lipinski definition) is 20. The number of nitrogens with one attached hydrogen (secondary N) is 13. The summed E-state index contributed by atoms with van der Waals surface area (Å²) in [4.78, 5) is 228. The Hall–Kier alpha value is -11.8. The van der Waals surface area contributed by atoms with Crippen LogP contribution in [0.25, 0.3) is 0 Å². The molecule has 0 aliphatic carbocycles. The van der Waals surface area contributed by atoms with Crippen LogP contribution in [-0.4, -0.2) is 259 Å². The second-order valence-corrected chi connectivity index (χ2v) is 33.9. The van der Waals surface area contributed by atoms with Crippen molar-refractivity contribution in [3.05, 3.63) is 81.3 Å². The number of piperidine rings is 1. The zero-order valence-electron chi connectivity index (χ0n) is 71.6. The largest absolute Gasteiger partial charge is 0.508 e. The van der Waals surface area contributed by atoms with E-state index in [-0.39, 0.29) is 136 Å². The van der Waals surface area contributed by atoms with E-state index in [4.69, 9.17) is 30.5 Å². The number of phenols is 1. The van der Waals surface area contributed by atoms with Crippen molar-refractivity contribution >= 4 is 140 Å². The number of aromatic hydroxyl groups is 1. The molecule has 3 aromatic rings. The summed E-state index contributed by atoms with van der Waals surface area (Å²) in [6.45, 7) is 12.0. The zero-order chi connectivity index (χ0) is 93.7. The number of esters is 2. The second kappa shape index (κ2) is 56.2. The predicted octanol–water partition coefficient (Wildman–Crippen LogP) is 3.08. The molecule has 1 aliphatic heterocycles. The summed E-state index contributed by atoms with van der Waals surface area (Å²) in [5, 5.41) is 91.7. The number of urea groups is 2. The van der Waals surface area contributed by atoms with E-state index in [0.717, 1.165) is 45.8 Å². The number of carbonyl (C=O) groups excluding carboxylic acids is 12. The molecule has 1 saturated heterocycles. The van der Waals surface area contributed by atoms with E-state index >= 15 is 4.79 Å². The highest BCUT2D eigenvalue weighted by Crippen LogP contribution is 2.33. The van der Waals surface area contributed by atoms with Gasteiger partial charge in [0.1, 0.15) is 59.3 Å². The van der Waals surface area contributed by atoms with Gasteiger partial charge in [-0.3, -0.25) is 68.5 Å². The standard InChI is InChI=1S/C80H119N17O26S3/c1-9-16-65(105)122-43-97(73(111)66(45(5)10-2)93-71(110)59-19-12-14-32-96(59)8)60(44(3)4)39-61(123-47(7)98)72-90-57(41-124-72)70(109)86-51(36-48-24-26-52(99)27-25-48)35-46(6)67(106)94-95-80(120)121-33-34-125-126-42-58(76(116)117)89-69(108)56(38-64(103)104)88-68(107)53(18-15-31-83-77(81)82)87-62(100)37-49-20-22-50(23-21-49)40-85-78(118)84-30-13-11-17-54(74(112)113)91-79(119)92-55(75(114)115)28-29-63(101)102/h20-27,41,44-46,51,53-56,58-61,66,99H,9-19,28-40,42-43H2,1-8H3,(H,86,109)(H,87,100)(H,88,107)(H,89,108)(H,93,110)(H,94,106)(H,95,120)(H,101,102)(H,103,104)(H,112,113)(H,114,115)(H,116,117)(H4,81,82,83)(H2,84,85,118)(H2,91,92,119)/t45?,46-,51+,53-,54-,55-,56-,58-,59+,60+,61+,66-/m0/s1. The monoisotopic (exact) mass is 1830 g/mol. The highest BCUT2D eigenvalue weighted by molar-refractivity contribution is 8.76. The number of thiazole rings is 1. The quantitative estimate of drug-likeness (QED) is 0.00564. The van der Waals surface area contributed by atoms with Gasteiger partial charge >= 0.3 is 59.9 Å². The lowest BCUT2D eigenvalue weighted by Crippen LogP contribution is -2.59. The first-order valence-electron chi connectivity index (χ1n) is 41.1. The fourth-order valence-electron chi connectivity index (χ4n) is 12.9. The third-order valence-electron chi connectivity index (χ3n) is 19.9. The molecule has 21 N–H and O–H groups in total. The van der Waals surface area contributed by atoms with Gasteiger partial charge in [0.25, 0.3) is 5.91 Å². The van der Waals surface area contributed by atoms with Crippen molar-refractivity contribution in [2.45, 2.75) is 231 Å². The summed E-state index contributed by atoms with van der Waals surface area (Å²) in [5.74, 6) is -16.1. The maximum absolute atomic E-state index is 15.0. The maximum atomic E-state index is 15.0. The lowest BCUT2D eigenvalue weighted by Gasteiger charge is -2.39. The van der Waals surface area contributed by atoms with Crippen molar-refractivity contribution in [2.75, 3.05) is 51.5 Å². The third-order valence-corrected chi connectivity index (χ3v) is 23.2. The Balaban J connectivity index is 1.31. The Labute approximate surface area is 740 Å². The van der Waals surface area contributed by atoms with Crippen LogP contribution < -0.4 is 69.8 Å². The second-order valence-electron chi connectivity index (χ2n) is 30.4. The van der Waals surface area contributed by atoms with Gasteiger partial charge in [-0.05, 0) is 125 Å². The number of benzene rings is 2. The summed E-state index contributed by atoms with van der Waals surface area (Å²) >= 11 is 1.01. The molecule has 0 saturated carbocycles. The summed E-state index contributed by atoms with van der Waals surface area (Å²) in [5.41, 5.74) is 11.4. The van der Waals surface area contributed by atoms with Crippen LogP contribution in [0.15, 0.2) is 53.9 Å². The van der Waals surface area contributed by atoms with Crippen molar-refractivity contribution in [3.63, 3.8) is 0 Å². The summed E-state index contributed by atoms with van der Waals surface area (Å²) in [6.07, 6.45) is -0.771. The fourth-order valence-corrected chi connectivity index (χ4v) is 15.7. The summed E-state index contributed by atoms with van der Waals surface area (Å²) < 4.78 is 16.8. The number of aromatic nitrogens is 1. The molecule has 0 spiro atoms. The van der Waals surface area contributed by atoms with E-state index in [2.05, 4.69) is 63.7 Å². The van der Waals surface area contributed by atoms with Crippen LogP contribution in [0.4, 0.5) is 14.4 Å². The molecule has 12 amide bonds. The van der Waals surface area contributed by atoms with Gasteiger partial charge in [-0.15, -0.1) is 11.3 Å². The number of hydrogen-bond acceptors (Lipinski definition) is 27. The van der Waals surface area contributed by atoms with Gasteiger partial charge in [0.15, 0.2) is 18.8 Å². The number of nitrogens with two attached hydrogens (primary N) is 1. The van der Waals surface area contributed by atoms with Crippen LogP contribution in [0.1, 0.15) is 189 Å². The minimum Gasteiger partial charge on any atom is -0.508 e. The van der Waals surface area contributed by atoms with Crippen molar-refractivity contribution in [1.29, 1.82) is 5.41 Å². The van der Waals surface area contributed by atoms with Crippen LogP contribution in [0.3, 0.4) is 0 Å². The van der Waals surface area contributed by atoms with E-state index < -0.39 is 194 Å². The van der Waals surface area contributed by atoms with Gasteiger partial charge in [-0.1, -0.05) is 112 Å². The van der Waals surface area contributed by atoms with E-state index in [1.165, 1.54) is 36.3 Å². The Kier molecular flexibility index (Phi) is 47.5. The molecule has 46 heteroatoms. The van der Waals surface area contributed by atoms with Crippen LogP contribution in [0, 0.1) is 23.2 Å².